The Morgan fingerprint density at radius 1 is 1.29 bits per heavy atom. The quantitative estimate of drug-likeness (QED) is 0.735. The summed E-state index contributed by atoms with van der Waals surface area (Å²) in [6.07, 6.45) is 9.36. The molecular formula is C19H23NO. The number of benzene rings is 1. The molecule has 0 saturated heterocycles. The van der Waals surface area contributed by atoms with Gasteiger partial charge < -0.3 is 4.57 Å². The van der Waals surface area contributed by atoms with Crippen molar-refractivity contribution in [2.45, 2.75) is 51.5 Å². The summed E-state index contributed by atoms with van der Waals surface area (Å²) in [7, 11) is 0. The van der Waals surface area contributed by atoms with E-state index >= 15 is 0 Å². The molecule has 2 nitrogen and oxygen atoms in total. The number of fused-ring (bicyclic) bond motifs is 1. The molecule has 1 unspecified atom stereocenters. The van der Waals surface area contributed by atoms with Gasteiger partial charge in [0.15, 0.2) is 5.78 Å². The highest BCUT2D eigenvalue weighted by Gasteiger charge is 2.20. The van der Waals surface area contributed by atoms with Crippen molar-refractivity contribution in [2.24, 2.45) is 0 Å². The second kappa shape index (κ2) is 6.30. The monoisotopic (exact) mass is 281 g/mol. The molecule has 0 bridgehead atoms. The van der Waals surface area contributed by atoms with E-state index in [9.17, 15) is 4.79 Å². The second-order valence-corrected chi connectivity index (χ2v) is 6.06. The van der Waals surface area contributed by atoms with Crippen LogP contribution in [0, 0.1) is 0 Å². The van der Waals surface area contributed by atoms with E-state index in [0.717, 1.165) is 18.5 Å². The fourth-order valence-corrected chi connectivity index (χ4v) is 3.39. The highest BCUT2D eigenvalue weighted by atomic mass is 16.1. The first-order chi connectivity index (χ1) is 10.3. The van der Waals surface area contributed by atoms with Crippen molar-refractivity contribution in [3.8, 4) is 0 Å². The van der Waals surface area contributed by atoms with Gasteiger partial charge in [-0.15, -0.1) is 0 Å². The predicted octanol–water partition coefficient (Wildman–Crippen LogP) is 4.59. The lowest BCUT2D eigenvalue weighted by atomic mass is 9.83. The molecular weight excluding hydrogens is 258 g/mol. The Morgan fingerprint density at radius 2 is 2.14 bits per heavy atom. The molecule has 0 saturated carbocycles. The van der Waals surface area contributed by atoms with Crippen LogP contribution in [0.5, 0.6) is 0 Å². The van der Waals surface area contributed by atoms with Crippen LogP contribution in [-0.2, 0) is 13.0 Å². The Bertz CT molecular complexity index is 626. The average molecular weight is 281 g/mol. The van der Waals surface area contributed by atoms with Gasteiger partial charge in [-0.2, -0.15) is 0 Å². The van der Waals surface area contributed by atoms with Gasteiger partial charge in [0, 0.05) is 36.8 Å². The number of carbonyl (C=O) groups excluding carboxylic acids is 1. The van der Waals surface area contributed by atoms with Crippen LogP contribution in [0.15, 0.2) is 42.7 Å². The standard InChI is InChI=1S/C19H23NO/c1-2-6-19(21)17-11-12-20(14-17)13-16-9-5-8-15-7-3-4-10-18(15)16/h3-4,7,10-12,14,16H,2,5-6,8-9,13H2,1H3. The van der Waals surface area contributed by atoms with Crippen molar-refractivity contribution < 1.29 is 4.79 Å². The highest BCUT2D eigenvalue weighted by molar-refractivity contribution is 5.95. The topological polar surface area (TPSA) is 22.0 Å². The molecule has 0 fully saturated rings. The minimum absolute atomic E-state index is 0.264. The van der Waals surface area contributed by atoms with E-state index in [2.05, 4.69) is 35.0 Å². The third kappa shape index (κ3) is 3.10. The predicted molar refractivity (Wildman–Crippen MR) is 85.8 cm³/mol. The third-order valence-corrected chi connectivity index (χ3v) is 4.47. The minimum atomic E-state index is 0.264. The summed E-state index contributed by atoms with van der Waals surface area (Å²) in [5.74, 6) is 0.844. The smallest absolute Gasteiger partial charge is 0.164 e. The molecule has 0 aliphatic heterocycles. The Balaban J connectivity index is 1.75. The lowest BCUT2D eigenvalue weighted by Gasteiger charge is -2.25. The third-order valence-electron chi connectivity index (χ3n) is 4.47. The van der Waals surface area contributed by atoms with E-state index in [-0.39, 0.29) is 5.78 Å². The zero-order chi connectivity index (χ0) is 14.7. The van der Waals surface area contributed by atoms with E-state index in [1.165, 1.54) is 30.4 Å². The van der Waals surface area contributed by atoms with Crippen LogP contribution >= 0.6 is 0 Å². The molecule has 0 N–H and O–H groups in total. The lowest BCUT2D eigenvalue weighted by molar-refractivity contribution is 0.0981. The number of hydrogen-bond acceptors (Lipinski definition) is 1. The van der Waals surface area contributed by atoms with E-state index in [1.54, 1.807) is 0 Å². The number of hydrogen-bond donors (Lipinski definition) is 0. The summed E-state index contributed by atoms with van der Waals surface area (Å²) in [5, 5.41) is 0. The number of nitrogens with zero attached hydrogens (tertiary/aromatic N) is 1. The van der Waals surface area contributed by atoms with Crippen LogP contribution in [0.1, 0.15) is 60.0 Å². The van der Waals surface area contributed by atoms with E-state index in [0.29, 0.717) is 12.3 Å². The van der Waals surface area contributed by atoms with Gasteiger partial charge in [0.25, 0.3) is 0 Å². The van der Waals surface area contributed by atoms with Gasteiger partial charge in [0.2, 0.25) is 0 Å². The molecule has 1 aromatic heterocycles. The van der Waals surface area contributed by atoms with Crippen LogP contribution in [-0.4, -0.2) is 10.4 Å². The zero-order valence-electron chi connectivity index (χ0n) is 12.7. The summed E-state index contributed by atoms with van der Waals surface area (Å²) in [6.45, 7) is 3.03. The second-order valence-electron chi connectivity index (χ2n) is 6.06. The van der Waals surface area contributed by atoms with Crippen molar-refractivity contribution in [3.63, 3.8) is 0 Å². The molecule has 1 aliphatic rings. The average Bonchev–Trinajstić information content (AvgIpc) is 2.97. The summed E-state index contributed by atoms with van der Waals surface area (Å²) >= 11 is 0. The van der Waals surface area contributed by atoms with Gasteiger partial charge in [0.05, 0.1) is 0 Å². The number of ketones is 1. The summed E-state index contributed by atoms with van der Waals surface area (Å²) in [6, 6.07) is 10.8. The molecule has 1 aromatic carbocycles. The molecule has 3 rings (SSSR count). The largest absolute Gasteiger partial charge is 0.353 e. The normalized spacial score (nSPS) is 17.5. The summed E-state index contributed by atoms with van der Waals surface area (Å²) in [5.41, 5.74) is 3.86. The summed E-state index contributed by atoms with van der Waals surface area (Å²) < 4.78 is 2.19. The maximum atomic E-state index is 11.9. The Labute approximate surface area is 126 Å². The van der Waals surface area contributed by atoms with Gasteiger partial charge in [-0.05, 0) is 42.9 Å². The number of rotatable bonds is 5. The van der Waals surface area contributed by atoms with Crippen LogP contribution in [0.25, 0.3) is 0 Å². The number of carbonyl (C=O) groups is 1. The molecule has 0 spiro atoms. The molecule has 1 atom stereocenters. The van der Waals surface area contributed by atoms with E-state index in [1.807, 2.05) is 19.2 Å². The van der Waals surface area contributed by atoms with Gasteiger partial charge >= 0.3 is 0 Å². The first kappa shape index (κ1) is 14.1. The van der Waals surface area contributed by atoms with Crippen molar-refractivity contribution >= 4 is 5.78 Å². The van der Waals surface area contributed by atoms with Gasteiger partial charge in [-0.3, -0.25) is 4.79 Å². The first-order valence-corrected chi connectivity index (χ1v) is 8.04. The first-order valence-electron chi connectivity index (χ1n) is 8.04. The lowest BCUT2D eigenvalue weighted by Crippen LogP contribution is -2.14. The maximum Gasteiger partial charge on any atom is 0.164 e. The van der Waals surface area contributed by atoms with Crippen molar-refractivity contribution in [1.29, 1.82) is 0 Å². The van der Waals surface area contributed by atoms with E-state index < -0.39 is 0 Å². The molecule has 0 radical (unpaired) electrons. The SMILES string of the molecule is CCCC(=O)c1ccn(CC2CCCc3ccccc32)c1. The van der Waals surface area contributed by atoms with Gasteiger partial charge in [0.1, 0.15) is 0 Å². The summed E-state index contributed by atoms with van der Waals surface area (Å²) in [4.78, 5) is 11.9. The molecule has 21 heavy (non-hydrogen) atoms. The Kier molecular flexibility index (Phi) is 4.23. The number of aryl methyl sites for hydroxylation is 1. The van der Waals surface area contributed by atoms with Crippen molar-refractivity contribution in [3.05, 3.63) is 59.4 Å². The number of Topliss-reactive ketones (excluding diaryl/α,β-unsaturated/α-hetero) is 1. The Hall–Kier alpha value is -1.83. The fraction of sp³-hybridized carbons (Fsp3) is 0.421. The van der Waals surface area contributed by atoms with Crippen LogP contribution in [0.2, 0.25) is 0 Å². The van der Waals surface area contributed by atoms with Crippen LogP contribution in [0.3, 0.4) is 0 Å². The minimum Gasteiger partial charge on any atom is -0.353 e. The van der Waals surface area contributed by atoms with Gasteiger partial charge in [-0.25, -0.2) is 0 Å². The molecule has 1 heterocycles. The molecule has 2 heteroatoms. The number of aromatic nitrogens is 1. The highest BCUT2D eigenvalue weighted by Crippen LogP contribution is 2.32. The van der Waals surface area contributed by atoms with Crippen molar-refractivity contribution in [2.75, 3.05) is 0 Å². The Morgan fingerprint density at radius 3 is 3.00 bits per heavy atom. The molecule has 2 aromatic rings. The zero-order valence-corrected chi connectivity index (χ0v) is 12.7. The van der Waals surface area contributed by atoms with Crippen LogP contribution in [0.4, 0.5) is 0 Å². The van der Waals surface area contributed by atoms with Crippen LogP contribution < -0.4 is 0 Å². The molecule has 110 valence electrons. The molecule has 1 aliphatic carbocycles. The molecule has 0 amide bonds. The van der Waals surface area contributed by atoms with Gasteiger partial charge in [-0.1, -0.05) is 31.2 Å². The fourth-order valence-electron chi connectivity index (χ4n) is 3.39. The van der Waals surface area contributed by atoms with E-state index in [4.69, 9.17) is 0 Å². The maximum absolute atomic E-state index is 11.9. The van der Waals surface area contributed by atoms with Crippen molar-refractivity contribution in [1.82, 2.24) is 4.57 Å².